The van der Waals surface area contributed by atoms with Gasteiger partial charge in [0.05, 0.1) is 11.4 Å². The van der Waals surface area contributed by atoms with E-state index >= 15 is 0 Å². The third-order valence-electron chi connectivity index (χ3n) is 3.39. The first-order valence-electron chi connectivity index (χ1n) is 7.77. The summed E-state index contributed by atoms with van der Waals surface area (Å²) in [5.74, 6) is 0.342. The van der Waals surface area contributed by atoms with Crippen LogP contribution < -0.4 is 15.8 Å². The molecule has 0 atom stereocenters. The molecule has 0 aliphatic rings. The van der Waals surface area contributed by atoms with Crippen molar-refractivity contribution in [3.8, 4) is 0 Å². The van der Waals surface area contributed by atoms with Gasteiger partial charge in [0, 0.05) is 13.1 Å². The van der Waals surface area contributed by atoms with Gasteiger partial charge in [-0.1, -0.05) is 24.3 Å². The van der Waals surface area contributed by atoms with E-state index < -0.39 is 10.0 Å². The minimum absolute atomic E-state index is 0. The molecule has 2 rings (SSSR count). The fraction of sp³-hybridized carbons (Fsp3) is 0.235. The highest BCUT2D eigenvalue weighted by Crippen LogP contribution is 2.09. The van der Waals surface area contributed by atoms with E-state index in [1.54, 1.807) is 24.3 Å². The Morgan fingerprint density at radius 3 is 2.15 bits per heavy atom. The van der Waals surface area contributed by atoms with Crippen molar-refractivity contribution in [3.05, 3.63) is 65.5 Å². The lowest BCUT2D eigenvalue weighted by Gasteiger charge is -2.11. The van der Waals surface area contributed by atoms with E-state index in [1.807, 2.05) is 6.92 Å². The molecule has 0 aliphatic heterocycles. The summed E-state index contributed by atoms with van der Waals surface area (Å²) in [7, 11) is -3.69. The fourth-order valence-corrected chi connectivity index (χ4v) is 2.60. The Hall–Kier alpha value is -1.72. The molecule has 0 saturated heterocycles. The highest BCUT2D eigenvalue weighted by atomic mass is 127. The molecule has 2 aromatic rings. The maximum Gasteiger partial charge on any atom is 0.238 e. The average Bonchev–Trinajstić information content (AvgIpc) is 2.58. The number of halogens is 2. The smallest absolute Gasteiger partial charge is 0.238 e. The summed E-state index contributed by atoms with van der Waals surface area (Å²) in [4.78, 5) is 4.52. The average molecular weight is 492 g/mol. The molecule has 26 heavy (non-hydrogen) atoms. The van der Waals surface area contributed by atoms with Gasteiger partial charge in [-0.15, -0.1) is 24.0 Å². The second kappa shape index (κ2) is 10.4. The zero-order valence-corrected chi connectivity index (χ0v) is 17.4. The third kappa shape index (κ3) is 7.26. The molecule has 0 saturated carbocycles. The van der Waals surface area contributed by atoms with Gasteiger partial charge in [-0.25, -0.2) is 22.9 Å². The van der Waals surface area contributed by atoms with Gasteiger partial charge < -0.3 is 10.6 Å². The highest BCUT2D eigenvalue weighted by Gasteiger charge is 2.06. The molecular weight excluding hydrogens is 470 g/mol. The van der Waals surface area contributed by atoms with Crippen LogP contribution in [0.4, 0.5) is 4.39 Å². The Morgan fingerprint density at radius 1 is 1.04 bits per heavy atom. The number of hydrogen-bond donors (Lipinski definition) is 3. The molecule has 6 nitrogen and oxygen atoms in total. The number of hydrogen-bond acceptors (Lipinski definition) is 3. The second-order valence-corrected chi connectivity index (χ2v) is 6.93. The van der Waals surface area contributed by atoms with E-state index in [4.69, 9.17) is 5.14 Å². The SMILES string of the molecule is CCNC(=NCc1ccc(S(N)(=O)=O)cc1)NCc1ccc(F)cc1.I. The maximum atomic E-state index is 12.9. The predicted octanol–water partition coefficient (Wildman–Crippen LogP) is 2.35. The van der Waals surface area contributed by atoms with Crippen LogP contribution >= 0.6 is 24.0 Å². The first-order chi connectivity index (χ1) is 11.9. The lowest BCUT2D eigenvalue weighted by molar-refractivity contribution is 0.597. The van der Waals surface area contributed by atoms with Gasteiger partial charge in [-0.05, 0) is 42.3 Å². The van der Waals surface area contributed by atoms with E-state index in [-0.39, 0.29) is 34.7 Å². The zero-order chi connectivity index (χ0) is 18.3. The molecule has 0 fully saturated rings. The van der Waals surface area contributed by atoms with Gasteiger partial charge in [0.2, 0.25) is 10.0 Å². The second-order valence-electron chi connectivity index (χ2n) is 5.36. The van der Waals surface area contributed by atoms with Gasteiger partial charge in [-0.2, -0.15) is 0 Å². The maximum absolute atomic E-state index is 12.9. The molecular formula is C17H22FIN4O2S. The van der Waals surface area contributed by atoms with Gasteiger partial charge in [0.25, 0.3) is 0 Å². The van der Waals surface area contributed by atoms with Crippen LogP contribution in [0.15, 0.2) is 58.4 Å². The Morgan fingerprint density at radius 2 is 1.62 bits per heavy atom. The van der Waals surface area contributed by atoms with Crippen molar-refractivity contribution < 1.29 is 12.8 Å². The molecule has 0 amide bonds. The lowest BCUT2D eigenvalue weighted by Crippen LogP contribution is -2.36. The normalized spacial score (nSPS) is 11.6. The molecule has 0 bridgehead atoms. The Bertz CT molecular complexity index is 825. The monoisotopic (exact) mass is 492 g/mol. The molecule has 9 heteroatoms. The van der Waals surface area contributed by atoms with Crippen LogP contribution in [0, 0.1) is 5.82 Å². The molecule has 0 heterocycles. The highest BCUT2D eigenvalue weighted by molar-refractivity contribution is 14.0. The van der Waals surface area contributed by atoms with Crippen LogP contribution in [-0.4, -0.2) is 20.9 Å². The summed E-state index contributed by atoms with van der Waals surface area (Å²) in [5, 5.41) is 11.4. The van der Waals surface area contributed by atoms with E-state index in [0.717, 1.165) is 11.1 Å². The number of primary sulfonamides is 1. The van der Waals surface area contributed by atoms with Crippen molar-refractivity contribution in [1.29, 1.82) is 0 Å². The summed E-state index contributed by atoms with van der Waals surface area (Å²) in [6.45, 7) is 3.54. The van der Waals surface area contributed by atoms with Crippen molar-refractivity contribution in [1.82, 2.24) is 10.6 Å². The molecule has 2 aromatic carbocycles. The number of aliphatic imine (C=N–C) groups is 1. The topological polar surface area (TPSA) is 96.6 Å². The minimum Gasteiger partial charge on any atom is -0.357 e. The number of nitrogens with two attached hydrogens (primary N) is 1. The standard InChI is InChI=1S/C17H21FN4O2S.HI/c1-2-20-17(21-11-13-3-7-15(18)8-4-13)22-12-14-5-9-16(10-6-14)25(19,23)24;/h3-10H,2,11-12H2,1H3,(H2,19,23,24)(H2,20,21,22);1H. The van der Waals surface area contributed by atoms with Crippen molar-refractivity contribution >= 4 is 40.0 Å². The first kappa shape index (κ1) is 22.3. The van der Waals surface area contributed by atoms with Crippen molar-refractivity contribution in [2.45, 2.75) is 24.9 Å². The summed E-state index contributed by atoms with van der Waals surface area (Å²) >= 11 is 0. The quantitative estimate of drug-likeness (QED) is 0.328. The van der Waals surface area contributed by atoms with Crippen LogP contribution in [0.25, 0.3) is 0 Å². The summed E-state index contributed by atoms with van der Waals surface area (Å²) < 4.78 is 35.4. The van der Waals surface area contributed by atoms with Gasteiger partial charge in [-0.3, -0.25) is 0 Å². The molecule has 0 aliphatic carbocycles. The van der Waals surface area contributed by atoms with E-state index in [2.05, 4.69) is 15.6 Å². The summed E-state index contributed by atoms with van der Waals surface area (Å²) in [5.41, 5.74) is 1.79. The summed E-state index contributed by atoms with van der Waals surface area (Å²) in [6.07, 6.45) is 0. The van der Waals surface area contributed by atoms with Crippen LogP contribution in [0.3, 0.4) is 0 Å². The number of rotatable bonds is 6. The Balaban J connectivity index is 0.00000338. The van der Waals surface area contributed by atoms with Crippen LogP contribution in [0.1, 0.15) is 18.1 Å². The van der Waals surface area contributed by atoms with E-state index in [0.29, 0.717) is 25.6 Å². The molecule has 0 radical (unpaired) electrons. The third-order valence-corrected chi connectivity index (χ3v) is 4.32. The van der Waals surface area contributed by atoms with Crippen molar-refractivity contribution in [3.63, 3.8) is 0 Å². The van der Waals surface area contributed by atoms with Crippen LogP contribution in [-0.2, 0) is 23.1 Å². The Labute approximate surface area is 170 Å². The summed E-state index contributed by atoms with van der Waals surface area (Å²) in [6, 6.07) is 12.5. The van der Waals surface area contributed by atoms with Gasteiger partial charge in [0.15, 0.2) is 5.96 Å². The Kier molecular flexibility index (Phi) is 8.96. The van der Waals surface area contributed by atoms with E-state index in [9.17, 15) is 12.8 Å². The molecule has 0 unspecified atom stereocenters. The van der Waals surface area contributed by atoms with Crippen LogP contribution in [0.5, 0.6) is 0 Å². The predicted molar refractivity (Wildman–Crippen MR) is 111 cm³/mol. The van der Waals surface area contributed by atoms with Crippen LogP contribution in [0.2, 0.25) is 0 Å². The molecule has 0 spiro atoms. The molecule has 0 aromatic heterocycles. The van der Waals surface area contributed by atoms with E-state index in [1.165, 1.54) is 24.3 Å². The number of guanidine groups is 1. The zero-order valence-electron chi connectivity index (χ0n) is 14.3. The van der Waals surface area contributed by atoms with Gasteiger partial charge >= 0.3 is 0 Å². The number of nitrogens with one attached hydrogen (secondary N) is 2. The molecule has 142 valence electrons. The fourth-order valence-electron chi connectivity index (χ4n) is 2.08. The van der Waals surface area contributed by atoms with Crippen molar-refractivity contribution in [2.24, 2.45) is 10.1 Å². The minimum atomic E-state index is -3.69. The number of benzene rings is 2. The first-order valence-corrected chi connectivity index (χ1v) is 9.31. The largest absolute Gasteiger partial charge is 0.357 e. The van der Waals surface area contributed by atoms with Crippen molar-refractivity contribution in [2.75, 3.05) is 6.54 Å². The number of nitrogens with zero attached hydrogens (tertiary/aromatic N) is 1. The van der Waals surface area contributed by atoms with Gasteiger partial charge in [0.1, 0.15) is 5.82 Å². The lowest BCUT2D eigenvalue weighted by atomic mass is 10.2. The number of sulfonamides is 1. The molecule has 4 N–H and O–H groups in total.